The molecular weight excluding hydrogens is 499 g/mol. The fraction of sp³-hybridized carbons (Fsp3) is 0.192. The highest BCUT2D eigenvalue weighted by Crippen LogP contribution is 2.44. The van der Waals surface area contributed by atoms with E-state index >= 15 is 0 Å². The van der Waals surface area contributed by atoms with Gasteiger partial charge in [0.15, 0.2) is 10.9 Å². The van der Waals surface area contributed by atoms with E-state index in [0.29, 0.717) is 22.6 Å². The summed E-state index contributed by atoms with van der Waals surface area (Å²) in [6, 6.07) is 7.81. The van der Waals surface area contributed by atoms with Gasteiger partial charge in [-0.15, -0.1) is 0 Å². The first-order chi connectivity index (χ1) is 17.6. The molecule has 11 heteroatoms. The van der Waals surface area contributed by atoms with Gasteiger partial charge in [0.25, 0.3) is 5.78 Å². The summed E-state index contributed by atoms with van der Waals surface area (Å²) in [4.78, 5) is 49.1. The molecule has 1 atom stereocenters. The zero-order valence-corrected chi connectivity index (χ0v) is 21.1. The lowest BCUT2D eigenvalue weighted by Gasteiger charge is -2.22. The van der Waals surface area contributed by atoms with Gasteiger partial charge in [-0.25, -0.2) is 19.2 Å². The van der Waals surface area contributed by atoms with E-state index in [-0.39, 0.29) is 21.3 Å². The van der Waals surface area contributed by atoms with Gasteiger partial charge in [-0.3, -0.25) is 14.5 Å². The number of aliphatic hydroxyl groups excluding tert-OH is 1. The Hall–Kier alpha value is -4.38. The predicted molar refractivity (Wildman–Crippen MR) is 134 cm³/mol. The molecule has 9 nitrogen and oxygen atoms in total. The largest absolute Gasteiger partial charge is 0.505 e. The van der Waals surface area contributed by atoms with Crippen LogP contribution in [0.25, 0.3) is 11.4 Å². The van der Waals surface area contributed by atoms with Crippen LogP contribution < -0.4 is 4.90 Å². The van der Waals surface area contributed by atoms with E-state index in [1.54, 1.807) is 24.4 Å². The van der Waals surface area contributed by atoms with Gasteiger partial charge in [-0.1, -0.05) is 29.5 Å². The number of Topliss-reactive ketones (excluding diaryl/α,β-unsaturated/α-hetero) is 1. The lowest BCUT2D eigenvalue weighted by atomic mass is 9.96. The molecule has 1 aliphatic rings. The number of rotatable bonds is 4. The Morgan fingerprint density at radius 3 is 2.46 bits per heavy atom. The Bertz CT molecular complexity index is 1640. The highest BCUT2D eigenvalue weighted by molar-refractivity contribution is 7.17. The van der Waals surface area contributed by atoms with Gasteiger partial charge in [0.05, 0.1) is 30.1 Å². The minimum absolute atomic E-state index is 0.0657. The summed E-state index contributed by atoms with van der Waals surface area (Å²) in [5, 5.41) is 11.5. The number of carbonyl (C=O) groups is 3. The number of aliphatic hydroxyl groups is 1. The highest BCUT2D eigenvalue weighted by Gasteiger charge is 2.49. The molecule has 0 radical (unpaired) electrons. The van der Waals surface area contributed by atoms with Gasteiger partial charge in [-0.05, 0) is 50.1 Å². The summed E-state index contributed by atoms with van der Waals surface area (Å²) in [6.07, 6.45) is 1.78. The normalized spacial score (nSPS) is 17.1. The third-order valence-electron chi connectivity index (χ3n) is 6.30. The first-order valence-electron chi connectivity index (χ1n) is 11.2. The van der Waals surface area contributed by atoms with Gasteiger partial charge >= 0.3 is 11.9 Å². The zero-order chi connectivity index (χ0) is 26.6. The van der Waals surface area contributed by atoms with Crippen LogP contribution in [0.5, 0.6) is 0 Å². The van der Waals surface area contributed by atoms with Gasteiger partial charge in [0, 0.05) is 6.20 Å². The topological polar surface area (TPSA) is 114 Å². The summed E-state index contributed by atoms with van der Waals surface area (Å²) in [6.45, 7) is 5.19. The number of thiazole rings is 1. The maximum absolute atomic E-state index is 13.8. The number of fused-ring (bicyclic) bond motifs is 1. The molecule has 37 heavy (non-hydrogen) atoms. The number of benzene rings is 1. The van der Waals surface area contributed by atoms with Gasteiger partial charge in [-0.2, -0.15) is 0 Å². The highest BCUT2D eigenvalue weighted by atomic mass is 32.1. The molecule has 3 aromatic heterocycles. The summed E-state index contributed by atoms with van der Waals surface area (Å²) in [7, 11) is 1.23. The zero-order valence-electron chi connectivity index (χ0n) is 20.3. The van der Waals surface area contributed by atoms with Gasteiger partial charge in [0.1, 0.15) is 22.0 Å². The third kappa shape index (κ3) is 3.78. The summed E-state index contributed by atoms with van der Waals surface area (Å²) < 4.78 is 20.3. The van der Waals surface area contributed by atoms with Crippen LogP contribution in [0.15, 0.2) is 48.2 Å². The molecule has 0 saturated carbocycles. The smallest absolute Gasteiger partial charge is 0.350 e. The molecular formula is C26H21FN4O5S. The molecule has 1 amide bonds. The van der Waals surface area contributed by atoms with E-state index in [4.69, 9.17) is 4.74 Å². The second-order valence-corrected chi connectivity index (χ2v) is 9.53. The average Bonchev–Trinajstić information content (AvgIpc) is 3.51. The van der Waals surface area contributed by atoms with Crippen LogP contribution in [0.3, 0.4) is 0 Å². The van der Waals surface area contributed by atoms with E-state index in [2.05, 4.69) is 9.97 Å². The number of amides is 1. The second kappa shape index (κ2) is 8.93. The van der Waals surface area contributed by atoms with Crippen molar-refractivity contribution in [1.82, 2.24) is 14.4 Å². The number of carbonyl (C=O) groups excluding carboxylic acids is 3. The quantitative estimate of drug-likeness (QED) is 0.185. The Balaban J connectivity index is 1.75. The van der Waals surface area contributed by atoms with E-state index < -0.39 is 35.3 Å². The van der Waals surface area contributed by atoms with Crippen molar-refractivity contribution in [2.45, 2.75) is 26.8 Å². The van der Waals surface area contributed by atoms with Crippen molar-refractivity contribution in [3.05, 3.63) is 87.1 Å². The monoisotopic (exact) mass is 520 g/mol. The van der Waals surface area contributed by atoms with Crippen LogP contribution in [-0.4, -0.2) is 44.2 Å². The van der Waals surface area contributed by atoms with Gasteiger partial charge in [0.2, 0.25) is 0 Å². The molecule has 1 N–H and O–H groups in total. The number of esters is 1. The number of imidazole rings is 1. The fourth-order valence-corrected chi connectivity index (χ4v) is 5.44. The molecule has 1 aromatic carbocycles. The standard InChI is InChI=1S/C26H21FN4O5S/c1-12-6-5-11-30-14(3)18(29-23(12)30)20(32)17-19(15-7-9-16(27)10-8-15)31(24(34)21(17)33)26-28-13(2)22(37-26)25(35)36-4/h5-11,19,32H,1-4H3. The Morgan fingerprint density at radius 2 is 1.81 bits per heavy atom. The maximum atomic E-state index is 13.8. The fourth-order valence-electron chi connectivity index (χ4n) is 4.43. The number of aryl methyl sites for hydroxylation is 3. The van der Waals surface area contributed by atoms with Crippen molar-refractivity contribution >= 4 is 45.5 Å². The number of anilines is 1. The number of pyridine rings is 1. The molecule has 0 bridgehead atoms. The maximum Gasteiger partial charge on any atom is 0.350 e. The molecule has 1 fully saturated rings. The number of ether oxygens (including phenoxy) is 1. The number of ketones is 1. The molecule has 1 aliphatic heterocycles. The van der Waals surface area contributed by atoms with Crippen molar-refractivity contribution in [3.8, 4) is 0 Å². The Labute approximate surface area is 214 Å². The minimum atomic E-state index is -1.14. The van der Waals surface area contributed by atoms with E-state index in [0.717, 1.165) is 21.8 Å². The average molecular weight is 521 g/mol. The second-order valence-electron chi connectivity index (χ2n) is 8.55. The van der Waals surface area contributed by atoms with E-state index in [1.165, 1.54) is 31.4 Å². The molecule has 0 aliphatic carbocycles. The number of aromatic nitrogens is 3. The molecule has 1 saturated heterocycles. The molecule has 1 unspecified atom stereocenters. The first-order valence-corrected chi connectivity index (χ1v) is 12.0. The SMILES string of the molecule is COC(=O)c1sc(N2C(=O)C(=O)C(=C(O)c3nc4c(C)cccn4c3C)C2c2ccc(F)cc2)nc1C. The minimum Gasteiger partial charge on any atom is -0.505 e. The Morgan fingerprint density at radius 1 is 1.11 bits per heavy atom. The van der Waals surface area contributed by atoms with Crippen molar-refractivity contribution in [2.75, 3.05) is 12.0 Å². The molecule has 0 spiro atoms. The number of methoxy groups -OCH3 is 1. The van der Waals surface area contributed by atoms with Crippen molar-refractivity contribution in [2.24, 2.45) is 0 Å². The van der Waals surface area contributed by atoms with Crippen LogP contribution in [-0.2, 0) is 14.3 Å². The van der Waals surface area contributed by atoms with Crippen LogP contribution in [0.4, 0.5) is 9.52 Å². The summed E-state index contributed by atoms with van der Waals surface area (Å²) in [5.74, 6) is -3.50. The van der Waals surface area contributed by atoms with Crippen LogP contribution >= 0.6 is 11.3 Å². The predicted octanol–water partition coefficient (Wildman–Crippen LogP) is 4.27. The van der Waals surface area contributed by atoms with E-state index in [1.807, 2.05) is 19.1 Å². The van der Waals surface area contributed by atoms with Crippen LogP contribution in [0.1, 0.15) is 43.9 Å². The third-order valence-corrected chi connectivity index (χ3v) is 7.44. The number of nitrogens with zero attached hydrogens (tertiary/aromatic N) is 4. The summed E-state index contributed by atoms with van der Waals surface area (Å²) >= 11 is 0.884. The van der Waals surface area contributed by atoms with Crippen LogP contribution in [0.2, 0.25) is 0 Å². The number of hydrogen-bond acceptors (Lipinski definition) is 8. The van der Waals surface area contributed by atoms with Crippen molar-refractivity contribution in [1.29, 1.82) is 0 Å². The lowest BCUT2D eigenvalue weighted by molar-refractivity contribution is -0.132. The summed E-state index contributed by atoms with van der Waals surface area (Å²) in [5.41, 5.74) is 2.63. The van der Waals surface area contributed by atoms with E-state index in [9.17, 15) is 23.9 Å². The first kappa shape index (κ1) is 24.3. The Kier molecular flexibility index (Phi) is 5.87. The number of hydrogen-bond donors (Lipinski definition) is 1. The molecule has 188 valence electrons. The number of halogens is 1. The van der Waals surface area contributed by atoms with Crippen molar-refractivity contribution in [3.63, 3.8) is 0 Å². The lowest BCUT2D eigenvalue weighted by Crippen LogP contribution is -2.29. The van der Waals surface area contributed by atoms with Gasteiger partial charge < -0.3 is 14.2 Å². The van der Waals surface area contributed by atoms with Crippen LogP contribution in [0, 0.1) is 26.6 Å². The molecule has 4 aromatic rings. The van der Waals surface area contributed by atoms with Crippen molar-refractivity contribution < 1.29 is 28.6 Å². The molecule has 5 rings (SSSR count). The molecule has 4 heterocycles.